The number of hydrogen-bond acceptors (Lipinski definition) is 4. The number of anilines is 1. The highest BCUT2D eigenvalue weighted by atomic mass is 16.6. The molecule has 5 nitrogen and oxygen atoms in total. The topological polar surface area (TPSA) is 55.8 Å². The van der Waals surface area contributed by atoms with E-state index in [1.54, 1.807) is 11.0 Å². The van der Waals surface area contributed by atoms with Crippen molar-refractivity contribution < 1.29 is 19.1 Å². The number of carbonyl (C=O) groups excluding carboxylic acids is 2. The largest absolute Gasteiger partial charge is 0.481 e. The van der Waals surface area contributed by atoms with Gasteiger partial charge < -0.3 is 14.4 Å². The van der Waals surface area contributed by atoms with Crippen LogP contribution in [0.25, 0.3) is 11.1 Å². The zero-order chi connectivity index (χ0) is 20.5. The van der Waals surface area contributed by atoms with Crippen molar-refractivity contribution in [3.8, 4) is 16.9 Å². The van der Waals surface area contributed by atoms with E-state index in [4.69, 9.17) is 9.47 Å². The molecule has 3 aromatic rings. The Morgan fingerprint density at radius 3 is 2.10 bits per heavy atom. The second-order valence-electron chi connectivity index (χ2n) is 6.29. The Balaban J connectivity index is 1.55. The molecule has 0 saturated carbocycles. The van der Waals surface area contributed by atoms with Gasteiger partial charge in [0.15, 0.2) is 13.2 Å². The van der Waals surface area contributed by atoms with Crippen molar-refractivity contribution in [2.45, 2.75) is 6.92 Å². The number of rotatable bonds is 8. The molecule has 0 saturated heterocycles. The minimum absolute atomic E-state index is 0.269. The molecular formula is C24H23NO4. The average Bonchev–Trinajstić information content (AvgIpc) is 2.78. The van der Waals surface area contributed by atoms with Crippen LogP contribution in [0.5, 0.6) is 5.75 Å². The van der Waals surface area contributed by atoms with Crippen LogP contribution in [0.2, 0.25) is 0 Å². The Morgan fingerprint density at radius 2 is 1.41 bits per heavy atom. The minimum Gasteiger partial charge on any atom is -0.481 e. The smallest absolute Gasteiger partial charge is 0.344 e. The molecular weight excluding hydrogens is 366 g/mol. The molecule has 0 N–H and O–H groups in total. The van der Waals surface area contributed by atoms with Gasteiger partial charge in [0.1, 0.15) is 5.75 Å². The maximum atomic E-state index is 12.4. The van der Waals surface area contributed by atoms with Crippen molar-refractivity contribution in [1.82, 2.24) is 0 Å². The monoisotopic (exact) mass is 389 g/mol. The summed E-state index contributed by atoms with van der Waals surface area (Å²) in [5.74, 6) is -0.288. The lowest BCUT2D eigenvalue weighted by Gasteiger charge is -2.20. The second kappa shape index (κ2) is 10.1. The number of amides is 1. The van der Waals surface area contributed by atoms with Crippen molar-refractivity contribution in [3.05, 3.63) is 84.9 Å². The molecule has 1 amide bonds. The summed E-state index contributed by atoms with van der Waals surface area (Å²) in [6.45, 7) is 1.76. The molecule has 0 unspecified atom stereocenters. The lowest BCUT2D eigenvalue weighted by Crippen LogP contribution is -2.35. The summed E-state index contributed by atoms with van der Waals surface area (Å²) >= 11 is 0. The van der Waals surface area contributed by atoms with Crippen LogP contribution >= 0.6 is 0 Å². The van der Waals surface area contributed by atoms with Gasteiger partial charge in [0.25, 0.3) is 5.91 Å². The highest BCUT2D eigenvalue weighted by Gasteiger charge is 2.16. The Hall–Kier alpha value is -3.60. The molecule has 0 aliphatic heterocycles. The molecule has 0 fully saturated rings. The lowest BCUT2D eigenvalue weighted by atomic mass is 10.1. The third kappa shape index (κ3) is 5.45. The predicted octanol–water partition coefficient (Wildman–Crippen LogP) is 4.33. The number of esters is 1. The van der Waals surface area contributed by atoms with Crippen LogP contribution in [0, 0.1) is 0 Å². The minimum atomic E-state index is -0.592. The first-order valence-electron chi connectivity index (χ1n) is 9.47. The normalized spacial score (nSPS) is 10.2. The zero-order valence-corrected chi connectivity index (χ0v) is 16.3. The molecule has 0 radical (unpaired) electrons. The first-order valence-corrected chi connectivity index (χ1v) is 9.47. The van der Waals surface area contributed by atoms with Crippen molar-refractivity contribution in [2.75, 3.05) is 24.7 Å². The third-order valence-electron chi connectivity index (χ3n) is 4.36. The van der Waals surface area contributed by atoms with Gasteiger partial charge in [-0.15, -0.1) is 0 Å². The van der Waals surface area contributed by atoms with E-state index in [2.05, 4.69) is 0 Å². The number of carbonyl (C=O) groups is 2. The predicted molar refractivity (Wildman–Crippen MR) is 113 cm³/mol. The summed E-state index contributed by atoms with van der Waals surface area (Å²) in [5, 5.41) is 0. The molecule has 0 aliphatic carbocycles. The molecule has 3 aromatic carbocycles. The van der Waals surface area contributed by atoms with Crippen LogP contribution in [0.15, 0.2) is 84.9 Å². The Labute approximate surface area is 170 Å². The number of likely N-dealkylation sites (N-methyl/N-ethyl adjacent to an activating group) is 1. The molecule has 0 spiro atoms. The molecule has 0 aliphatic rings. The van der Waals surface area contributed by atoms with Crippen molar-refractivity contribution in [3.63, 3.8) is 0 Å². The summed E-state index contributed by atoms with van der Waals surface area (Å²) < 4.78 is 10.8. The van der Waals surface area contributed by atoms with Gasteiger partial charge >= 0.3 is 5.97 Å². The summed E-state index contributed by atoms with van der Waals surface area (Å²) in [6, 6.07) is 26.5. The zero-order valence-electron chi connectivity index (χ0n) is 16.3. The van der Waals surface area contributed by atoms with Crippen molar-refractivity contribution >= 4 is 17.6 Å². The molecule has 0 bridgehead atoms. The fraction of sp³-hybridized carbons (Fsp3) is 0.167. The number of nitrogens with zero attached hydrogens (tertiary/aromatic N) is 1. The number of para-hydroxylation sites is 2. The Bertz CT molecular complexity index is 941. The maximum Gasteiger partial charge on any atom is 0.344 e. The first kappa shape index (κ1) is 20.1. The van der Waals surface area contributed by atoms with Gasteiger partial charge in [0.2, 0.25) is 0 Å². The van der Waals surface area contributed by atoms with Gasteiger partial charge in [-0.1, -0.05) is 66.7 Å². The molecule has 148 valence electrons. The first-order chi connectivity index (χ1) is 14.2. The van der Waals surface area contributed by atoms with E-state index >= 15 is 0 Å². The van der Waals surface area contributed by atoms with E-state index in [-0.39, 0.29) is 19.1 Å². The van der Waals surface area contributed by atoms with Crippen LogP contribution in [0.1, 0.15) is 6.92 Å². The van der Waals surface area contributed by atoms with Crippen LogP contribution in [0.4, 0.5) is 5.69 Å². The van der Waals surface area contributed by atoms with Crippen molar-refractivity contribution in [1.29, 1.82) is 0 Å². The van der Waals surface area contributed by atoms with E-state index in [0.717, 1.165) is 16.8 Å². The highest BCUT2D eigenvalue weighted by Crippen LogP contribution is 2.29. The molecule has 29 heavy (non-hydrogen) atoms. The maximum absolute atomic E-state index is 12.4. The standard InChI is InChI=1S/C24H23NO4/c1-2-25(20-13-7-4-8-14-20)23(26)17-29-24(27)18-28-22-16-10-9-15-21(22)19-11-5-3-6-12-19/h3-16H,2,17-18H2,1H3. The SMILES string of the molecule is CCN(C(=O)COC(=O)COc1ccccc1-c1ccccc1)c1ccccc1. The summed E-state index contributed by atoms with van der Waals surface area (Å²) in [7, 11) is 0. The van der Waals surface area contributed by atoms with Gasteiger partial charge in [-0.25, -0.2) is 4.79 Å². The fourth-order valence-corrected chi connectivity index (χ4v) is 2.96. The number of ether oxygens (including phenoxy) is 2. The summed E-state index contributed by atoms with van der Waals surface area (Å²) in [4.78, 5) is 26.1. The quantitative estimate of drug-likeness (QED) is 0.538. The van der Waals surface area contributed by atoms with E-state index in [0.29, 0.717) is 12.3 Å². The third-order valence-corrected chi connectivity index (χ3v) is 4.36. The van der Waals surface area contributed by atoms with E-state index in [1.807, 2.05) is 85.8 Å². The van der Waals surface area contributed by atoms with Crippen LogP contribution < -0.4 is 9.64 Å². The van der Waals surface area contributed by atoms with Gasteiger partial charge in [-0.3, -0.25) is 4.79 Å². The Morgan fingerprint density at radius 1 is 0.793 bits per heavy atom. The molecule has 0 heterocycles. The van der Waals surface area contributed by atoms with Crippen molar-refractivity contribution in [2.24, 2.45) is 0 Å². The number of hydrogen-bond donors (Lipinski definition) is 0. The van der Waals surface area contributed by atoms with E-state index in [1.165, 1.54) is 0 Å². The van der Waals surface area contributed by atoms with E-state index in [9.17, 15) is 9.59 Å². The van der Waals surface area contributed by atoms with E-state index < -0.39 is 5.97 Å². The molecule has 5 heteroatoms. The molecule has 3 rings (SSSR count). The average molecular weight is 389 g/mol. The van der Waals surface area contributed by atoms with Gasteiger partial charge in [-0.2, -0.15) is 0 Å². The fourth-order valence-electron chi connectivity index (χ4n) is 2.96. The van der Waals surface area contributed by atoms with Crippen LogP contribution in [0.3, 0.4) is 0 Å². The highest BCUT2D eigenvalue weighted by molar-refractivity contribution is 5.95. The molecule has 0 aromatic heterocycles. The van der Waals surface area contributed by atoms with Gasteiger partial charge in [-0.05, 0) is 30.7 Å². The van der Waals surface area contributed by atoms with Crippen LogP contribution in [-0.4, -0.2) is 31.6 Å². The number of benzene rings is 3. The molecule has 0 atom stereocenters. The lowest BCUT2D eigenvalue weighted by molar-refractivity contribution is -0.149. The Kier molecular flexibility index (Phi) is 7.00. The van der Waals surface area contributed by atoms with Crippen LogP contribution in [-0.2, 0) is 14.3 Å². The second-order valence-corrected chi connectivity index (χ2v) is 6.29. The van der Waals surface area contributed by atoms with Gasteiger partial charge in [0, 0.05) is 17.8 Å². The summed E-state index contributed by atoms with van der Waals surface area (Å²) in [5.41, 5.74) is 2.65. The summed E-state index contributed by atoms with van der Waals surface area (Å²) in [6.07, 6.45) is 0. The van der Waals surface area contributed by atoms with Gasteiger partial charge in [0.05, 0.1) is 0 Å².